The van der Waals surface area contributed by atoms with Gasteiger partial charge in [-0.15, -0.1) is 0 Å². The van der Waals surface area contributed by atoms with Gasteiger partial charge < -0.3 is 9.84 Å². The molecule has 0 fully saturated rings. The third-order valence-electron chi connectivity index (χ3n) is 2.92. The average molecular weight is 279 g/mol. The summed E-state index contributed by atoms with van der Waals surface area (Å²) in [6.45, 7) is 5.67. The number of hydrogen-bond donors (Lipinski definition) is 1. The monoisotopic (exact) mass is 279 g/mol. The summed E-state index contributed by atoms with van der Waals surface area (Å²) >= 11 is 0. The highest BCUT2D eigenvalue weighted by atomic mass is 16.6. The highest BCUT2D eigenvalue weighted by Gasteiger charge is 2.30. The molecular weight excluding hydrogens is 258 g/mol. The van der Waals surface area contributed by atoms with Crippen LogP contribution in [-0.4, -0.2) is 34.7 Å². The van der Waals surface area contributed by atoms with Crippen LogP contribution in [0, 0.1) is 0 Å². The van der Waals surface area contributed by atoms with E-state index in [0.717, 1.165) is 5.56 Å². The third-order valence-corrected chi connectivity index (χ3v) is 2.92. The molecule has 0 bridgehead atoms. The van der Waals surface area contributed by atoms with Gasteiger partial charge in [0.1, 0.15) is 0 Å². The Balaban J connectivity index is 3.11. The number of amides is 1. The number of nitrogens with zero attached hydrogens (tertiary/aromatic N) is 1. The minimum atomic E-state index is -0.950. The quantitative estimate of drug-likeness (QED) is 0.869. The molecule has 0 saturated carbocycles. The van der Waals surface area contributed by atoms with E-state index in [9.17, 15) is 9.59 Å². The van der Waals surface area contributed by atoms with Crippen molar-refractivity contribution in [3.8, 4) is 0 Å². The fourth-order valence-corrected chi connectivity index (χ4v) is 2.11. The highest BCUT2D eigenvalue weighted by molar-refractivity contribution is 5.72. The van der Waals surface area contributed by atoms with Crippen molar-refractivity contribution in [1.29, 1.82) is 0 Å². The number of hydrogen-bond acceptors (Lipinski definition) is 3. The van der Waals surface area contributed by atoms with E-state index in [2.05, 4.69) is 0 Å². The van der Waals surface area contributed by atoms with Gasteiger partial charge in [-0.1, -0.05) is 30.3 Å². The van der Waals surface area contributed by atoms with Crippen LogP contribution in [0.1, 0.15) is 38.8 Å². The molecule has 0 aliphatic rings. The van der Waals surface area contributed by atoms with Crippen molar-refractivity contribution in [3.63, 3.8) is 0 Å². The lowest BCUT2D eigenvalue weighted by atomic mass is 10.0. The van der Waals surface area contributed by atoms with Crippen LogP contribution in [0.3, 0.4) is 0 Å². The maximum Gasteiger partial charge on any atom is 0.410 e. The Morgan fingerprint density at radius 2 is 1.85 bits per heavy atom. The summed E-state index contributed by atoms with van der Waals surface area (Å²) < 4.78 is 5.04. The zero-order valence-electron chi connectivity index (χ0n) is 12.1. The number of carbonyl (C=O) groups is 2. The maximum absolute atomic E-state index is 12.1. The second-order valence-electron chi connectivity index (χ2n) is 4.72. The van der Waals surface area contributed by atoms with Crippen LogP contribution in [0.4, 0.5) is 4.79 Å². The minimum absolute atomic E-state index is 0.152. The first-order valence-electron chi connectivity index (χ1n) is 6.69. The van der Waals surface area contributed by atoms with Crippen molar-refractivity contribution < 1.29 is 19.4 Å². The summed E-state index contributed by atoms with van der Waals surface area (Å²) in [4.78, 5) is 24.7. The number of ether oxygens (including phenoxy) is 1. The van der Waals surface area contributed by atoms with Crippen LogP contribution >= 0.6 is 0 Å². The zero-order valence-corrected chi connectivity index (χ0v) is 12.1. The molecule has 0 saturated heterocycles. The standard InChI is InChI=1S/C15H21NO4/c1-4-20-15(19)16(11(2)3)13(10-14(17)18)12-8-6-5-7-9-12/h5-9,11,13H,4,10H2,1-3H3,(H,17,18). The summed E-state index contributed by atoms with van der Waals surface area (Å²) in [5, 5.41) is 9.11. The van der Waals surface area contributed by atoms with Gasteiger partial charge in [0.2, 0.25) is 0 Å². The SMILES string of the molecule is CCOC(=O)N(C(C)C)C(CC(=O)O)c1ccccc1. The van der Waals surface area contributed by atoms with Crippen molar-refractivity contribution in [1.82, 2.24) is 4.90 Å². The molecule has 1 rings (SSSR count). The van der Waals surface area contributed by atoms with Crippen molar-refractivity contribution in [3.05, 3.63) is 35.9 Å². The summed E-state index contributed by atoms with van der Waals surface area (Å²) in [6.07, 6.45) is -0.640. The van der Waals surface area contributed by atoms with Crippen LogP contribution in [0.25, 0.3) is 0 Å². The first-order valence-corrected chi connectivity index (χ1v) is 6.69. The van der Waals surface area contributed by atoms with Crippen LogP contribution in [-0.2, 0) is 9.53 Å². The Labute approximate surface area is 119 Å². The summed E-state index contributed by atoms with van der Waals surface area (Å²) in [5.74, 6) is -0.950. The van der Waals surface area contributed by atoms with Gasteiger partial charge in [0.25, 0.3) is 0 Å². The molecule has 1 aromatic carbocycles. The van der Waals surface area contributed by atoms with Gasteiger partial charge in [-0.3, -0.25) is 9.69 Å². The van der Waals surface area contributed by atoms with E-state index in [1.807, 2.05) is 44.2 Å². The van der Waals surface area contributed by atoms with Gasteiger partial charge in [-0.05, 0) is 26.3 Å². The van der Waals surface area contributed by atoms with Crippen molar-refractivity contribution in [2.24, 2.45) is 0 Å². The lowest BCUT2D eigenvalue weighted by molar-refractivity contribution is -0.138. The van der Waals surface area contributed by atoms with Gasteiger partial charge in [0.15, 0.2) is 0 Å². The molecule has 1 amide bonds. The summed E-state index contributed by atoms with van der Waals surface area (Å²) in [6, 6.07) is 8.46. The second-order valence-corrected chi connectivity index (χ2v) is 4.72. The molecule has 0 aromatic heterocycles. The van der Waals surface area contributed by atoms with Crippen molar-refractivity contribution in [2.45, 2.75) is 39.3 Å². The second kappa shape index (κ2) is 7.53. The fourth-order valence-electron chi connectivity index (χ4n) is 2.11. The van der Waals surface area contributed by atoms with E-state index in [-0.39, 0.29) is 19.1 Å². The van der Waals surface area contributed by atoms with Gasteiger partial charge in [-0.2, -0.15) is 0 Å². The van der Waals surface area contributed by atoms with Crippen LogP contribution in [0.5, 0.6) is 0 Å². The van der Waals surface area contributed by atoms with Gasteiger partial charge >= 0.3 is 12.1 Å². The van der Waals surface area contributed by atoms with E-state index in [1.54, 1.807) is 6.92 Å². The lowest BCUT2D eigenvalue weighted by Gasteiger charge is -2.33. The smallest absolute Gasteiger partial charge is 0.410 e. The number of benzene rings is 1. The van der Waals surface area contributed by atoms with Crippen LogP contribution in [0.2, 0.25) is 0 Å². The first-order chi connectivity index (χ1) is 9.47. The topological polar surface area (TPSA) is 66.8 Å². The molecule has 1 unspecified atom stereocenters. The number of aliphatic carboxylic acids is 1. The largest absolute Gasteiger partial charge is 0.481 e. The predicted octanol–water partition coefficient (Wildman–Crippen LogP) is 3.07. The zero-order chi connectivity index (χ0) is 15.1. The van der Waals surface area contributed by atoms with Crippen molar-refractivity contribution in [2.75, 3.05) is 6.61 Å². The van der Waals surface area contributed by atoms with Gasteiger partial charge in [-0.25, -0.2) is 4.79 Å². The Morgan fingerprint density at radius 3 is 2.30 bits per heavy atom. The summed E-state index contributed by atoms with van der Waals surface area (Å²) in [5.41, 5.74) is 0.789. The predicted molar refractivity (Wildman–Crippen MR) is 75.4 cm³/mol. The lowest BCUT2D eigenvalue weighted by Crippen LogP contribution is -2.41. The molecule has 1 aromatic rings. The minimum Gasteiger partial charge on any atom is -0.481 e. The molecule has 0 radical (unpaired) electrons. The number of carboxylic acids is 1. The van der Waals surface area contributed by atoms with Gasteiger partial charge in [0.05, 0.1) is 19.1 Å². The van der Waals surface area contributed by atoms with Gasteiger partial charge in [0, 0.05) is 6.04 Å². The molecule has 5 heteroatoms. The summed E-state index contributed by atoms with van der Waals surface area (Å²) in [7, 11) is 0. The fraction of sp³-hybridized carbons (Fsp3) is 0.467. The molecule has 0 aliphatic heterocycles. The molecule has 0 spiro atoms. The first kappa shape index (κ1) is 16.0. The Kier molecular flexibility index (Phi) is 6.03. The number of carboxylic acid groups (broad SMARTS) is 1. The molecule has 0 heterocycles. The van der Waals surface area contributed by atoms with Crippen LogP contribution < -0.4 is 0 Å². The normalized spacial score (nSPS) is 12.0. The Bertz CT molecular complexity index is 444. The molecule has 110 valence electrons. The Morgan fingerprint density at radius 1 is 1.25 bits per heavy atom. The Hall–Kier alpha value is -2.04. The van der Waals surface area contributed by atoms with Crippen LogP contribution in [0.15, 0.2) is 30.3 Å². The molecular formula is C15H21NO4. The number of carbonyl (C=O) groups excluding carboxylic acids is 1. The molecule has 0 aliphatic carbocycles. The highest BCUT2D eigenvalue weighted by Crippen LogP contribution is 2.27. The van der Waals surface area contributed by atoms with Crippen molar-refractivity contribution >= 4 is 12.1 Å². The average Bonchev–Trinajstić information content (AvgIpc) is 2.38. The van der Waals surface area contributed by atoms with E-state index in [1.165, 1.54) is 4.90 Å². The molecule has 5 nitrogen and oxygen atoms in total. The number of rotatable bonds is 6. The van der Waals surface area contributed by atoms with E-state index in [4.69, 9.17) is 9.84 Å². The van der Waals surface area contributed by atoms with E-state index in [0.29, 0.717) is 0 Å². The molecule has 20 heavy (non-hydrogen) atoms. The molecule has 1 N–H and O–H groups in total. The van der Waals surface area contributed by atoms with E-state index >= 15 is 0 Å². The maximum atomic E-state index is 12.1. The molecule has 1 atom stereocenters. The third kappa shape index (κ3) is 4.26. The van der Waals surface area contributed by atoms with E-state index < -0.39 is 18.1 Å².